The Kier molecular flexibility index (Phi) is 5.65. The quantitative estimate of drug-likeness (QED) is 0.905. The molecule has 6 heteroatoms. The maximum atomic E-state index is 12.0. The molecular weight excluding hydrogens is 288 g/mol. The normalized spacial score (nSPS) is 20.6. The minimum absolute atomic E-state index is 0.229. The number of nitrogens with one attached hydrogen (secondary N) is 1. The summed E-state index contributed by atoms with van der Waals surface area (Å²) in [5.74, 6) is 0. The second-order valence-electron chi connectivity index (χ2n) is 5.77. The average molecular weight is 313 g/mol. The van der Waals surface area contributed by atoms with Gasteiger partial charge in [0.15, 0.2) is 0 Å². The molecule has 0 radical (unpaired) electrons. The summed E-state index contributed by atoms with van der Waals surface area (Å²) < 4.78 is 1.28. The monoisotopic (exact) mass is 312 g/mol. The van der Waals surface area contributed by atoms with Crippen LogP contribution in [0, 0.1) is 0 Å². The number of halogens is 1. The van der Waals surface area contributed by atoms with Gasteiger partial charge < -0.3 is 10.2 Å². The second-order valence-corrected chi connectivity index (χ2v) is 6.15. The molecular formula is C15H25ClN4O. The zero-order valence-electron chi connectivity index (χ0n) is 13.1. The highest BCUT2D eigenvalue weighted by molar-refractivity contribution is 6.33. The average Bonchev–Trinajstić information content (AvgIpc) is 2.50. The van der Waals surface area contributed by atoms with Gasteiger partial charge >= 0.3 is 0 Å². The Balaban J connectivity index is 2.26. The number of aromatic nitrogens is 2. The summed E-state index contributed by atoms with van der Waals surface area (Å²) in [6, 6.07) is 0.724. The van der Waals surface area contributed by atoms with Crippen molar-refractivity contribution in [2.45, 2.75) is 51.6 Å². The topological polar surface area (TPSA) is 50.2 Å². The molecule has 1 aliphatic rings. The molecule has 0 amide bonds. The van der Waals surface area contributed by atoms with Crippen molar-refractivity contribution in [2.75, 3.05) is 18.0 Å². The molecule has 118 valence electrons. The van der Waals surface area contributed by atoms with Crippen LogP contribution < -0.4 is 15.8 Å². The Morgan fingerprint density at radius 3 is 3.00 bits per heavy atom. The van der Waals surface area contributed by atoms with E-state index in [1.165, 1.54) is 11.1 Å². The first-order valence-corrected chi connectivity index (χ1v) is 8.16. The molecule has 0 bridgehead atoms. The van der Waals surface area contributed by atoms with Crippen molar-refractivity contribution in [1.29, 1.82) is 0 Å². The van der Waals surface area contributed by atoms with E-state index < -0.39 is 0 Å². The predicted molar refractivity (Wildman–Crippen MR) is 87.2 cm³/mol. The van der Waals surface area contributed by atoms with Crippen LogP contribution in [0.4, 0.5) is 5.69 Å². The molecule has 2 rings (SSSR count). The van der Waals surface area contributed by atoms with Crippen molar-refractivity contribution in [1.82, 2.24) is 15.1 Å². The molecule has 5 nitrogen and oxygen atoms in total. The lowest BCUT2D eigenvalue weighted by Crippen LogP contribution is -2.51. The molecule has 2 heterocycles. The van der Waals surface area contributed by atoms with Crippen molar-refractivity contribution in [3.8, 4) is 0 Å². The molecule has 1 N–H and O–H groups in total. The maximum absolute atomic E-state index is 12.0. The van der Waals surface area contributed by atoms with Gasteiger partial charge in [0.05, 0.1) is 11.9 Å². The number of aryl methyl sites for hydroxylation is 1. The molecule has 2 unspecified atom stereocenters. The summed E-state index contributed by atoms with van der Waals surface area (Å²) >= 11 is 6.27. The Labute approximate surface area is 131 Å². The molecule has 21 heavy (non-hydrogen) atoms. The van der Waals surface area contributed by atoms with Gasteiger partial charge in [-0.2, -0.15) is 5.10 Å². The van der Waals surface area contributed by atoms with Gasteiger partial charge in [-0.15, -0.1) is 0 Å². The highest BCUT2D eigenvalue weighted by Gasteiger charge is 2.29. The Morgan fingerprint density at radius 1 is 1.52 bits per heavy atom. The lowest BCUT2D eigenvalue weighted by atomic mass is 9.96. The Morgan fingerprint density at radius 2 is 2.29 bits per heavy atom. The molecule has 1 saturated heterocycles. The number of piperidine rings is 1. The summed E-state index contributed by atoms with van der Waals surface area (Å²) in [5, 5.41) is 7.97. The van der Waals surface area contributed by atoms with E-state index in [1.54, 1.807) is 13.2 Å². The highest BCUT2D eigenvalue weighted by atomic mass is 35.5. The number of rotatable bonds is 5. The number of hydrogen-bond acceptors (Lipinski definition) is 4. The van der Waals surface area contributed by atoms with Crippen LogP contribution >= 0.6 is 11.6 Å². The maximum Gasteiger partial charge on any atom is 0.287 e. The standard InChI is InChI=1S/C15H25ClN4O/c1-4-8-17-11(2)12-7-5-6-9-20(12)13-10-18-19(3)15(21)14(13)16/h10-12,17H,4-9H2,1-3H3. The van der Waals surface area contributed by atoms with Gasteiger partial charge in [0.25, 0.3) is 5.56 Å². The lowest BCUT2D eigenvalue weighted by Gasteiger charge is -2.41. The molecule has 1 aromatic heterocycles. The van der Waals surface area contributed by atoms with Crippen molar-refractivity contribution in [3.63, 3.8) is 0 Å². The third-order valence-electron chi connectivity index (χ3n) is 4.21. The molecule has 1 aromatic rings. The molecule has 0 aromatic carbocycles. The fourth-order valence-corrected chi connectivity index (χ4v) is 3.27. The molecule has 0 saturated carbocycles. The van der Waals surface area contributed by atoms with Crippen molar-refractivity contribution in [3.05, 3.63) is 21.6 Å². The molecule has 2 atom stereocenters. The van der Waals surface area contributed by atoms with Gasteiger partial charge in [-0.3, -0.25) is 4.79 Å². The van der Waals surface area contributed by atoms with Gasteiger partial charge in [0.1, 0.15) is 5.02 Å². The van der Waals surface area contributed by atoms with Crippen LogP contribution in [0.5, 0.6) is 0 Å². The summed E-state index contributed by atoms with van der Waals surface area (Å²) in [5.41, 5.74) is 0.544. The first-order valence-electron chi connectivity index (χ1n) is 7.78. The van der Waals surface area contributed by atoms with Crippen molar-refractivity contribution < 1.29 is 0 Å². The Bertz CT molecular complexity index is 531. The van der Waals surface area contributed by atoms with E-state index in [9.17, 15) is 4.79 Å². The van der Waals surface area contributed by atoms with Crippen LogP contribution in [0.3, 0.4) is 0 Å². The summed E-state index contributed by atoms with van der Waals surface area (Å²) in [6.45, 7) is 6.31. The predicted octanol–water partition coefficient (Wildman–Crippen LogP) is 2.18. The SMILES string of the molecule is CCCNC(C)C1CCCCN1c1cnn(C)c(=O)c1Cl. The first-order chi connectivity index (χ1) is 10.1. The minimum atomic E-state index is -0.229. The molecule has 1 aliphatic heterocycles. The van der Waals surface area contributed by atoms with Crippen LogP contribution in [0.1, 0.15) is 39.5 Å². The zero-order chi connectivity index (χ0) is 15.4. The van der Waals surface area contributed by atoms with E-state index >= 15 is 0 Å². The third-order valence-corrected chi connectivity index (χ3v) is 4.57. The highest BCUT2D eigenvalue weighted by Crippen LogP contribution is 2.29. The van der Waals surface area contributed by atoms with E-state index in [0.29, 0.717) is 12.1 Å². The fraction of sp³-hybridized carbons (Fsp3) is 0.733. The van der Waals surface area contributed by atoms with Gasteiger partial charge in [-0.05, 0) is 39.2 Å². The molecule has 0 aliphatic carbocycles. The lowest BCUT2D eigenvalue weighted by molar-refractivity contribution is 0.367. The smallest absolute Gasteiger partial charge is 0.287 e. The van der Waals surface area contributed by atoms with E-state index in [-0.39, 0.29) is 10.6 Å². The van der Waals surface area contributed by atoms with Crippen LogP contribution in [0.2, 0.25) is 5.02 Å². The van der Waals surface area contributed by atoms with E-state index in [1.807, 2.05) is 0 Å². The molecule has 1 fully saturated rings. The first kappa shape index (κ1) is 16.3. The zero-order valence-corrected chi connectivity index (χ0v) is 13.9. The van der Waals surface area contributed by atoms with Crippen LogP contribution in [0.15, 0.2) is 11.0 Å². The van der Waals surface area contributed by atoms with E-state index in [4.69, 9.17) is 11.6 Å². The van der Waals surface area contributed by atoms with Gasteiger partial charge in [0.2, 0.25) is 0 Å². The van der Waals surface area contributed by atoms with Gasteiger partial charge in [-0.1, -0.05) is 18.5 Å². The van der Waals surface area contributed by atoms with Crippen LogP contribution in [0.25, 0.3) is 0 Å². The summed E-state index contributed by atoms with van der Waals surface area (Å²) in [7, 11) is 1.62. The van der Waals surface area contributed by atoms with Crippen LogP contribution in [-0.4, -0.2) is 35.0 Å². The van der Waals surface area contributed by atoms with Gasteiger partial charge in [0, 0.05) is 25.7 Å². The largest absolute Gasteiger partial charge is 0.364 e. The fourth-order valence-electron chi connectivity index (χ4n) is 2.99. The molecule has 0 spiro atoms. The van der Waals surface area contributed by atoms with Crippen molar-refractivity contribution in [2.24, 2.45) is 7.05 Å². The van der Waals surface area contributed by atoms with Gasteiger partial charge in [-0.25, -0.2) is 4.68 Å². The Hall–Kier alpha value is -1.07. The second kappa shape index (κ2) is 7.27. The number of nitrogens with zero attached hydrogens (tertiary/aromatic N) is 3. The van der Waals surface area contributed by atoms with E-state index in [0.717, 1.165) is 38.0 Å². The minimum Gasteiger partial charge on any atom is -0.364 e. The number of anilines is 1. The number of hydrogen-bond donors (Lipinski definition) is 1. The van der Waals surface area contributed by atoms with E-state index in [2.05, 4.69) is 29.2 Å². The third kappa shape index (κ3) is 3.58. The van der Waals surface area contributed by atoms with Crippen molar-refractivity contribution >= 4 is 17.3 Å². The van der Waals surface area contributed by atoms with Crippen LogP contribution in [-0.2, 0) is 7.05 Å². The summed E-state index contributed by atoms with van der Waals surface area (Å²) in [4.78, 5) is 14.3. The summed E-state index contributed by atoms with van der Waals surface area (Å²) in [6.07, 6.45) is 6.29.